The van der Waals surface area contributed by atoms with E-state index in [9.17, 15) is 9.50 Å². The lowest BCUT2D eigenvalue weighted by Crippen LogP contribution is -2.31. The molecule has 0 aromatic heterocycles. The fourth-order valence-corrected chi connectivity index (χ4v) is 1.21. The van der Waals surface area contributed by atoms with Crippen LogP contribution in [0.5, 0.6) is 5.75 Å². The first-order valence-corrected chi connectivity index (χ1v) is 5.43. The summed E-state index contributed by atoms with van der Waals surface area (Å²) in [6.07, 6.45) is 5.10. The Kier molecular flexibility index (Phi) is 6.08. The molecular formula is C13H16FNO2. The molecule has 1 aromatic rings. The van der Waals surface area contributed by atoms with E-state index in [2.05, 4.69) is 11.2 Å². The standard InChI is InChI=1S/C13H16FNO2/c1-2-3-8-15-9-12(16)10-17-13-6-4-11(14)5-7-13/h1,4-7,12,15-16H,3,8-10H2. The van der Waals surface area contributed by atoms with Crippen LogP contribution in [0.15, 0.2) is 24.3 Å². The minimum Gasteiger partial charge on any atom is -0.491 e. The third kappa shape index (κ3) is 5.91. The van der Waals surface area contributed by atoms with Crippen LogP contribution in [0.3, 0.4) is 0 Å². The van der Waals surface area contributed by atoms with E-state index in [1.807, 2.05) is 0 Å². The molecule has 1 unspecified atom stereocenters. The van der Waals surface area contributed by atoms with Crippen LogP contribution in [0.25, 0.3) is 0 Å². The maximum Gasteiger partial charge on any atom is 0.123 e. The summed E-state index contributed by atoms with van der Waals surface area (Å²) in [5.74, 6) is 2.72. The predicted octanol–water partition coefficient (Wildman–Crippen LogP) is 1.18. The van der Waals surface area contributed by atoms with Crippen molar-refractivity contribution in [3.8, 4) is 18.1 Å². The highest BCUT2D eigenvalue weighted by Gasteiger charge is 2.04. The second-order valence-corrected chi connectivity index (χ2v) is 3.58. The lowest BCUT2D eigenvalue weighted by molar-refractivity contribution is 0.107. The topological polar surface area (TPSA) is 41.5 Å². The first-order valence-electron chi connectivity index (χ1n) is 5.43. The largest absolute Gasteiger partial charge is 0.491 e. The molecule has 0 radical (unpaired) electrons. The van der Waals surface area contributed by atoms with Crippen molar-refractivity contribution in [2.75, 3.05) is 19.7 Å². The molecule has 0 spiro atoms. The zero-order valence-electron chi connectivity index (χ0n) is 9.53. The fraction of sp³-hybridized carbons (Fsp3) is 0.385. The van der Waals surface area contributed by atoms with Crippen molar-refractivity contribution in [3.05, 3.63) is 30.1 Å². The highest BCUT2D eigenvalue weighted by molar-refractivity contribution is 5.22. The Morgan fingerprint density at radius 3 is 2.76 bits per heavy atom. The van der Waals surface area contributed by atoms with Gasteiger partial charge in [-0.05, 0) is 24.3 Å². The van der Waals surface area contributed by atoms with Gasteiger partial charge in [0.25, 0.3) is 0 Å². The Labute approximate surface area is 101 Å². The van der Waals surface area contributed by atoms with E-state index < -0.39 is 6.10 Å². The summed E-state index contributed by atoms with van der Waals surface area (Å²) in [7, 11) is 0. The van der Waals surface area contributed by atoms with E-state index in [4.69, 9.17) is 11.2 Å². The molecule has 0 aliphatic rings. The summed E-state index contributed by atoms with van der Waals surface area (Å²) in [6.45, 7) is 1.25. The maximum absolute atomic E-state index is 12.6. The van der Waals surface area contributed by atoms with Gasteiger partial charge in [-0.15, -0.1) is 12.3 Å². The van der Waals surface area contributed by atoms with Gasteiger partial charge in [-0.2, -0.15) is 0 Å². The van der Waals surface area contributed by atoms with E-state index >= 15 is 0 Å². The second kappa shape index (κ2) is 7.66. The van der Waals surface area contributed by atoms with Gasteiger partial charge in [0, 0.05) is 19.5 Å². The van der Waals surface area contributed by atoms with Crippen molar-refractivity contribution in [3.63, 3.8) is 0 Å². The van der Waals surface area contributed by atoms with Crippen molar-refractivity contribution in [1.82, 2.24) is 5.32 Å². The molecule has 0 amide bonds. The van der Waals surface area contributed by atoms with Gasteiger partial charge >= 0.3 is 0 Å². The van der Waals surface area contributed by atoms with E-state index in [0.29, 0.717) is 25.3 Å². The van der Waals surface area contributed by atoms with Gasteiger partial charge in [-0.1, -0.05) is 0 Å². The van der Waals surface area contributed by atoms with Crippen LogP contribution in [0, 0.1) is 18.2 Å². The van der Waals surface area contributed by atoms with Crippen LogP contribution < -0.4 is 10.1 Å². The number of halogens is 1. The number of nitrogens with one attached hydrogen (secondary N) is 1. The molecule has 0 fully saturated rings. The number of hydrogen-bond donors (Lipinski definition) is 2. The molecule has 0 aliphatic carbocycles. The van der Waals surface area contributed by atoms with Crippen LogP contribution in [0.4, 0.5) is 4.39 Å². The molecule has 92 valence electrons. The van der Waals surface area contributed by atoms with Crippen molar-refractivity contribution in [1.29, 1.82) is 0 Å². The molecule has 0 bridgehead atoms. The van der Waals surface area contributed by atoms with E-state index in [0.717, 1.165) is 0 Å². The summed E-state index contributed by atoms with van der Waals surface area (Å²) >= 11 is 0. The highest BCUT2D eigenvalue weighted by Crippen LogP contribution is 2.10. The van der Waals surface area contributed by atoms with E-state index in [1.165, 1.54) is 24.3 Å². The molecule has 1 atom stereocenters. The van der Waals surface area contributed by atoms with Crippen LogP contribution >= 0.6 is 0 Å². The van der Waals surface area contributed by atoms with E-state index in [-0.39, 0.29) is 12.4 Å². The van der Waals surface area contributed by atoms with E-state index in [1.54, 1.807) is 0 Å². The summed E-state index contributed by atoms with van der Waals surface area (Å²) in [6, 6.07) is 5.67. The van der Waals surface area contributed by atoms with Crippen LogP contribution in [0.1, 0.15) is 6.42 Å². The quantitative estimate of drug-likeness (QED) is 0.552. The number of aliphatic hydroxyl groups excluding tert-OH is 1. The average molecular weight is 237 g/mol. The summed E-state index contributed by atoms with van der Waals surface area (Å²) in [4.78, 5) is 0. The minimum absolute atomic E-state index is 0.161. The van der Waals surface area contributed by atoms with Crippen LogP contribution in [-0.2, 0) is 0 Å². The number of terminal acetylenes is 1. The SMILES string of the molecule is C#CCCNCC(O)COc1ccc(F)cc1. The maximum atomic E-state index is 12.6. The number of hydrogen-bond acceptors (Lipinski definition) is 3. The van der Waals surface area contributed by atoms with Crippen LogP contribution in [0.2, 0.25) is 0 Å². The lowest BCUT2D eigenvalue weighted by Gasteiger charge is -2.12. The molecule has 4 heteroatoms. The molecule has 0 saturated heterocycles. The molecule has 17 heavy (non-hydrogen) atoms. The van der Waals surface area contributed by atoms with Crippen molar-refractivity contribution in [2.45, 2.75) is 12.5 Å². The molecule has 0 aliphatic heterocycles. The Morgan fingerprint density at radius 1 is 1.41 bits per heavy atom. The number of ether oxygens (including phenoxy) is 1. The normalized spacial score (nSPS) is 11.8. The summed E-state index contributed by atoms with van der Waals surface area (Å²) in [5, 5.41) is 12.6. The third-order valence-electron chi connectivity index (χ3n) is 2.08. The Hall–Kier alpha value is -1.57. The van der Waals surface area contributed by atoms with Crippen molar-refractivity contribution < 1.29 is 14.2 Å². The number of aliphatic hydroxyl groups is 1. The summed E-state index contributed by atoms with van der Waals surface area (Å²) in [5.41, 5.74) is 0. The van der Waals surface area contributed by atoms with Crippen LogP contribution in [-0.4, -0.2) is 30.9 Å². The molecule has 0 heterocycles. The van der Waals surface area contributed by atoms with Crippen molar-refractivity contribution >= 4 is 0 Å². The van der Waals surface area contributed by atoms with Gasteiger partial charge in [-0.3, -0.25) is 0 Å². The van der Waals surface area contributed by atoms with Gasteiger partial charge in [0.2, 0.25) is 0 Å². The first-order chi connectivity index (χ1) is 8.22. The van der Waals surface area contributed by atoms with Crippen molar-refractivity contribution in [2.24, 2.45) is 0 Å². The smallest absolute Gasteiger partial charge is 0.123 e. The Bertz CT molecular complexity index is 359. The zero-order valence-corrected chi connectivity index (χ0v) is 9.53. The number of rotatable bonds is 7. The predicted molar refractivity (Wildman–Crippen MR) is 64.2 cm³/mol. The monoisotopic (exact) mass is 237 g/mol. The van der Waals surface area contributed by atoms with Gasteiger partial charge in [0.1, 0.15) is 24.3 Å². The van der Waals surface area contributed by atoms with Gasteiger partial charge < -0.3 is 15.2 Å². The summed E-state index contributed by atoms with van der Waals surface area (Å²) < 4.78 is 17.9. The average Bonchev–Trinajstić information content (AvgIpc) is 2.34. The molecule has 1 aromatic carbocycles. The molecule has 1 rings (SSSR count). The van der Waals surface area contributed by atoms with Gasteiger partial charge in [0.15, 0.2) is 0 Å². The molecule has 3 nitrogen and oxygen atoms in total. The first kappa shape index (κ1) is 13.5. The highest BCUT2D eigenvalue weighted by atomic mass is 19.1. The molecule has 2 N–H and O–H groups in total. The fourth-order valence-electron chi connectivity index (χ4n) is 1.21. The second-order valence-electron chi connectivity index (χ2n) is 3.58. The third-order valence-corrected chi connectivity index (χ3v) is 2.08. The lowest BCUT2D eigenvalue weighted by atomic mass is 10.3. The zero-order chi connectivity index (χ0) is 12.5. The number of benzene rings is 1. The Morgan fingerprint density at radius 2 is 2.12 bits per heavy atom. The minimum atomic E-state index is -0.613. The Balaban J connectivity index is 2.17. The van der Waals surface area contributed by atoms with Gasteiger partial charge in [0.05, 0.1) is 0 Å². The molecule has 0 saturated carbocycles. The van der Waals surface area contributed by atoms with Gasteiger partial charge in [-0.25, -0.2) is 4.39 Å². The molecular weight excluding hydrogens is 221 g/mol.